The van der Waals surface area contributed by atoms with Crippen molar-refractivity contribution in [1.29, 1.82) is 0 Å². The maximum absolute atomic E-state index is 11.1. The number of carboxylic acid groups (broad SMARTS) is 1. The second kappa shape index (κ2) is 5.89. The molecule has 0 aliphatic rings. The molecule has 7 heteroatoms. The number of hydrogen-bond acceptors (Lipinski definition) is 3. The van der Waals surface area contributed by atoms with E-state index in [0.717, 1.165) is 0 Å². The number of phenols is 1. The van der Waals surface area contributed by atoms with Crippen LogP contribution in [0.25, 0.3) is 22.2 Å². The topological polar surface area (TPSA) is 70.4 Å². The molecule has 0 unspecified atom stereocenters. The minimum atomic E-state index is -1.24. The van der Waals surface area contributed by atoms with Crippen molar-refractivity contribution in [2.75, 3.05) is 0 Å². The van der Waals surface area contributed by atoms with Crippen molar-refractivity contribution in [3.05, 3.63) is 57.0 Å². The summed E-state index contributed by atoms with van der Waals surface area (Å²) >= 11 is 18.4. The first kappa shape index (κ1) is 15.9. The van der Waals surface area contributed by atoms with Crippen LogP contribution in [0.1, 0.15) is 10.4 Å². The molecule has 0 saturated heterocycles. The Morgan fingerprint density at radius 2 is 1.74 bits per heavy atom. The predicted molar refractivity (Wildman–Crippen MR) is 90.8 cm³/mol. The highest BCUT2D eigenvalue weighted by atomic mass is 35.5. The molecule has 0 amide bonds. The van der Waals surface area contributed by atoms with Gasteiger partial charge in [-0.2, -0.15) is 0 Å². The van der Waals surface area contributed by atoms with Crippen LogP contribution in [0.4, 0.5) is 0 Å². The number of benzene rings is 2. The molecule has 0 radical (unpaired) electrons. The van der Waals surface area contributed by atoms with Gasteiger partial charge in [-0.25, -0.2) is 9.78 Å². The van der Waals surface area contributed by atoms with Gasteiger partial charge in [0, 0.05) is 10.9 Å². The van der Waals surface area contributed by atoms with Crippen LogP contribution in [-0.2, 0) is 0 Å². The quantitative estimate of drug-likeness (QED) is 0.647. The molecule has 0 fully saturated rings. The average Bonchev–Trinajstić information content (AvgIpc) is 2.51. The van der Waals surface area contributed by atoms with Crippen molar-refractivity contribution in [3.8, 4) is 17.0 Å². The zero-order valence-corrected chi connectivity index (χ0v) is 13.6. The van der Waals surface area contributed by atoms with E-state index in [2.05, 4.69) is 4.98 Å². The molecular formula is C16H8Cl3NO3. The van der Waals surface area contributed by atoms with E-state index in [4.69, 9.17) is 39.9 Å². The zero-order chi connectivity index (χ0) is 16.7. The molecule has 3 rings (SSSR count). The van der Waals surface area contributed by atoms with Gasteiger partial charge >= 0.3 is 5.97 Å². The lowest BCUT2D eigenvalue weighted by Gasteiger charge is -2.09. The molecule has 0 saturated carbocycles. The van der Waals surface area contributed by atoms with Gasteiger partial charge in [0.15, 0.2) is 0 Å². The van der Waals surface area contributed by atoms with E-state index in [9.17, 15) is 9.90 Å². The predicted octanol–water partition coefficient (Wildman–Crippen LogP) is 5.27. The molecule has 0 aliphatic carbocycles. The lowest BCUT2D eigenvalue weighted by atomic mass is 10.1. The molecule has 3 aromatic rings. The van der Waals surface area contributed by atoms with E-state index < -0.39 is 5.97 Å². The summed E-state index contributed by atoms with van der Waals surface area (Å²) in [5, 5.41) is 20.4. The number of nitrogens with zero attached hydrogens (tertiary/aromatic N) is 1. The first-order valence-corrected chi connectivity index (χ1v) is 7.53. The standard InChI is InChI=1S/C16H8Cl3NO3/c17-10-3-2-8-11(18)6-12(20-15(8)14(10)19)7-1-4-13(21)9(5-7)16(22)23/h1-6,21H,(H,22,23). The molecule has 0 bridgehead atoms. The second-order valence-electron chi connectivity index (χ2n) is 4.78. The summed E-state index contributed by atoms with van der Waals surface area (Å²) < 4.78 is 0. The zero-order valence-electron chi connectivity index (χ0n) is 11.3. The second-order valence-corrected chi connectivity index (χ2v) is 5.98. The summed E-state index contributed by atoms with van der Waals surface area (Å²) in [6.07, 6.45) is 0. The Kier molecular flexibility index (Phi) is 4.06. The van der Waals surface area contributed by atoms with Crippen molar-refractivity contribution >= 4 is 51.7 Å². The number of hydrogen-bond donors (Lipinski definition) is 2. The van der Waals surface area contributed by atoms with Crippen LogP contribution in [-0.4, -0.2) is 21.2 Å². The maximum Gasteiger partial charge on any atom is 0.339 e. The maximum atomic E-state index is 11.1. The Bertz CT molecular complexity index is 957. The van der Waals surface area contributed by atoms with Crippen LogP contribution in [0, 0.1) is 0 Å². The van der Waals surface area contributed by atoms with Gasteiger partial charge in [-0.15, -0.1) is 0 Å². The van der Waals surface area contributed by atoms with E-state index >= 15 is 0 Å². The summed E-state index contributed by atoms with van der Waals surface area (Å²) in [4.78, 5) is 15.6. The molecule has 2 N–H and O–H groups in total. The number of halogens is 3. The molecule has 2 aromatic carbocycles. The summed E-state index contributed by atoms with van der Waals surface area (Å²) in [7, 11) is 0. The van der Waals surface area contributed by atoms with Gasteiger partial charge in [0.2, 0.25) is 0 Å². The Balaban J connectivity index is 2.27. The van der Waals surface area contributed by atoms with E-state index in [0.29, 0.717) is 32.2 Å². The molecule has 1 heterocycles. The Morgan fingerprint density at radius 3 is 2.43 bits per heavy atom. The molecule has 0 spiro atoms. The summed E-state index contributed by atoms with van der Waals surface area (Å²) in [6, 6.07) is 9.10. The van der Waals surface area contributed by atoms with Gasteiger partial charge < -0.3 is 10.2 Å². The third-order valence-corrected chi connectivity index (χ3v) is 4.45. The number of fused-ring (bicyclic) bond motifs is 1. The Hall–Kier alpha value is -2.01. The smallest absolute Gasteiger partial charge is 0.339 e. The van der Waals surface area contributed by atoms with Gasteiger partial charge in [0.05, 0.1) is 26.3 Å². The van der Waals surface area contributed by atoms with Crippen molar-refractivity contribution in [2.24, 2.45) is 0 Å². The summed E-state index contributed by atoms with van der Waals surface area (Å²) in [5.74, 6) is -1.56. The van der Waals surface area contributed by atoms with E-state index in [1.165, 1.54) is 12.1 Å². The molecule has 23 heavy (non-hydrogen) atoms. The lowest BCUT2D eigenvalue weighted by Crippen LogP contribution is -1.97. The highest BCUT2D eigenvalue weighted by molar-refractivity contribution is 6.46. The van der Waals surface area contributed by atoms with E-state index in [1.807, 2.05) is 0 Å². The number of carbonyl (C=O) groups is 1. The highest BCUT2D eigenvalue weighted by Gasteiger charge is 2.15. The normalized spacial score (nSPS) is 10.9. The summed E-state index contributed by atoms with van der Waals surface area (Å²) in [6.45, 7) is 0. The Labute approximate surface area is 145 Å². The van der Waals surface area contributed by atoms with Crippen molar-refractivity contribution in [2.45, 2.75) is 0 Å². The number of pyridine rings is 1. The number of aromatic hydroxyl groups is 1. The van der Waals surface area contributed by atoms with Gasteiger partial charge in [0.1, 0.15) is 11.3 Å². The fourth-order valence-electron chi connectivity index (χ4n) is 2.21. The largest absolute Gasteiger partial charge is 0.507 e. The minimum Gasteiger partial charge on any atom is -0.507 e. The van der Waals surface area contributed by atoms with Crippen LogP contribution in [0.2, 0.25) is 15.1 Å². The van der Waals surface area contributed by atoms with Gasteiger partial charge in [-0.1, -0.05) is 34.8 Å². The fourth-order valence-corrected chi connectivity index (χ4v) is 2.82. The Morgan fingerprint density at radius 1 is 1.00 bits per heavy atom. The first-order valence-electron chi connectivity index (χ1n) is 6.39. The molecule has 4 nitrogen and oxygen atoms in total. The first-order chi connectivity index (χ1) is 10.9. The van der Waals surface area contributed by atoms with Crippen LogP contribution < -0.4 is 0 Å². The van der Waals surface area contributed by atoms with Crippen LogP contribution in [0.15, 0.2) is 36.4 Å². The van der Waals surface area contributed by atoms with Crippen LogP contribution in [0.5, 0.6) is 5.75 Å². The minimum absolute atomic E-state index is 0.224. The third-order valence-electron chi connectivity index (χ3n) is 3.34. The average molecular weight is 369 g/mol. The van der Waals surface area contributed by atoms with Gasteiger partial charge in [0.25, 0.3) is 0 Å². The molecule has 0 aliphatic heterocycles. The highest BCUT2D eigenvalue weighted by Crippen LogP contribution is 2.36. The molecule has 1 aromatic heterocycles. The number of aromatic carboxylic acids is 1. The number of carboxylic acids is 1. The third kappa shape index (κ3) is 2.81. The van der Waals surface area contributed by atoms with Crippen molar-refractivity contribution < 1.29 is 15.0 Å². The van der Waals surface area contributed by atoms with Crippen LogP contribution >= 0.6 is 34.8 Å². The fraction of sp³-hybridized carbons (Fsp3) is 0. The molecular weight excluding hydrogens is 361 g/mol. The lowest BCUT2D eigenvalue weighted by molar-refractivity contribution is 0.0694. The molecule has 116 valence electrons. The van der Waals surface area contributed by atoms with Crippen molar-refractivity contribution in [1.82, 2.24) is 4.98 Å². The van der Waals surface area contributed by atoms with Gasteiger partial charge in [-0.05, 0) is 36.4 Å². The SMILES string of the molecule is O=C(O)c1cc(-c2cc(Cl)c3ccc(Cl)c(Cl)c3n2)ccc1O. The monoisotopic (exact) mass is 367 g/mol. The summed E-state index contributed by atoms with van der Waals surface area (Å²) in [5.41, 5.74) is 1.11. The van der Waals surface area contributed by atoms with Crippen LogP contribution in [0.3, 0.4) is 0 Å². The van der Waals surface area contributed by atoms with E-state index in [-0.39, 0.29) is 16.3 Å². The number of aromatic nitrogens is 1. The molecule has 0 atom stereocenters. The number of rotatable bonds is 2. The van der Waals surface area contributed by atoms with Crippen molar-refractivity contribution in [3.63, 3.8) is 0 Å². The van der Waals surface area contributed by atoms with Gasteiger partial charge in [-0.3, -0.25) is 0 Å². The van der Waals surface area contributed by atoms with E-state index in [1.54, 1.807) is 24.3 Å².